The van der Waals surface area contributed by atoms with E-state index in [1.165, 1.54) is 0 Å². The molecule has 4 heteroatoms. The van der Waals surface area contributed by atoms with E-state index in [0.717, 1.165) is 34.1 Å². The molecule has 122 valence electrons. The quantitative estimate of drug-likeness (QED) is 0.453. The minimum absolute atomic E-state index is 0.498. The lowest BCUT2D eigenvalue weighted by Gasteiger charge is -2.09. The highest BCUT2D eigenvalue weighted by molar-refractivity contribution is 6.17. The average Bonchev–Trinajstić information content (AvgIpc) is 2.65. The zero-order valence-electron chi connectivity index (χ0n) is 12.9. The van der Waals surface area contributed by atoms with E-state index in [-0.39, 0.29) is 0 Å². The molecule has 0 atom stereocenters. The number of hydrogen-bond donors (Lipinski definition) is 0. The van der Waals surface area contributed by atoms with Gasteiger partial charge in [0.1, 0.15) is 23.0 Å². The van der Waals surface area contributed by atoms with Gasteiger partial charge in [-0.3, -0.25) is 0 Å². The molecular formula is C20H16Cl2O2. The van der Waals surface area contributed by atoms with Crippen LogP contribution in [-0.4, -0.2) is 0 Å². The van der Waals surface area contributed by atoms with E-state index in [2.05, 4.69) is 0 Å². The first kappa shape index (κ1) is 16.7. The van der Waals surface area contributed by atoms with Crippen LogP contribution in [0.4, 0.5) is 0 Å². The van der Waals surface area contributed by atoms with Gasteiger partial charge in [0.15, 0.2) is 0 Å². The first-order valence-electron chi connectivity index (χ1n) is 7.52. The van der Waals surface area contributed by atoms with Crippen LogP contribution in [-0.2, 0) is 11.8 Å². The van der Waals surface area contributed by atoms with Crippen LogP contribution in [0.15, 0.2) is 72.8 Å². The van der Waals surface area contributed by atoms with Crippen LogP contribution in [0.25, 0.3) is 0 Å². The van der Waals surface area contributed by atoms with E-state index in [1.807, 2.05) is 72.8 Å². The highest BCUT2D eigenvalue weighted by Crippen LogP contribution is 2.27. The number of rotatable bonds is 6. The summed E-state index contributed by atoms with van der Waals surface area (Å²) in [5.74, 6) is 4.04. The first-order valence-corrected chi connectivity index (χ1v) is 8.59. The van der Waals surface area contributed by atoms with E-state index >= 15 is 0 Å². The molecule has 0 aliphatic rings. The maximum atomic E-state index is 5.80. The average molecular weight is 359 g/mol. The molecule has 0 unspecified atom stereocenters. The second-order valence-electron chi connectivity index (χ2n) is 5.23. The van der Waals surface area contributed by atoms with Crippen molar-refractivity contribution in [1.82, 2.24) is 0 Å². The zero-order valence-corrected chi connectivity index (χ0v) is 14.4. The van der Waals surface area contributed by atoms with Crippen LogP contribution in [0.5, 0.6) is 23.0 Å². The van der Waals surface area contributed by atoms with Gasteiger partial charge < -0.3 is 9.47 Å². The molecule has 0 aliphatic carbocycles. The van der Waals surface area contributed by atoms with Gasteiger partial charge in [0.25, 0.3) is 0 Å². The number of alkyl halides is 2. The molecule has 24 heavy (non-hydrogen) atoms. The smallest absolute Gasteiger partial charge is 0.127 e. The summed E-state index contributed by atoms with van der Waals surface area (Å²) in [7, 11) is 0. The topological polar surface area (TPSA) is 18.5 Å². The van der Waals surface area contributed by atoms with Gasteiger partial charge in [-0.1, -0.05) is 24.3 Å². The van der Waals surface area contributed by atoms with Crippen molar-refractivity contribution >= 4 is 23.2 Å². The summed E-state index contributed by atoms with van der Waals surface area (Å²) in [5, 5.41) is 0. The Balaban J connectivity index is 1.63. The van der Waals surface area contributed by atoms with Gasteiger partial charge in [-0.05, 0) is 59.7 Å². The van der Waals surface area contributed by atoms with Crippen molar-refractivity contribution in [2.24, 2.45) is 0 Å². The van der Waals surface area contributed by atoms with Crippen LogP contribution in [0.2, 0.25) is 0 Å². The molecule has 0 aliphatic heterocycles. The minimum Gasteiger partial charge on any atom is -0.457 e. The maximum absolute atomic E-state index is 5.80. The van der Waals surface area contributed by atoms with Crippen LogP contribution < -0.4 is 9.47 Å². The summed E-state index contributed by atoms with van der Waals surface area (Å²) in [5.41, 5.74) is 2.13. The van der Waals surface area contributed by atoms with E-state index in [1.54, 1.807) is 0 Å². The van der Waals surface area contributed by atoms with Crippen LogP contribution in [0, 0.1) is 0 Å². The summed E-state index contributed by atoms with van der Waals surface area (Å²) in [6, 6.07) is 22.9. The Bertz CT molecular complexity index is 698. The van der Waals surface area contributed by atoms with E-state index in [0.29, 0.717) is 11.8 Å². The molecule has 3 aromatic carbocycles. The molecule has 0 bridgehead atoms. The van der Waals surface area contributed by atoms with Crippen molar-refractivity contribution in [2.45, 2.75) is 11.8 Å². The van der Waals surface area contributed by atoms with Crippen LogP contribution in [0.1, 0.15) is 11.1 Å². The van der Waals surface area contributed by atoms with Gasteiger partial charge in [0.2, 0.25) is 0 Å². The third-order valence-electron chi connectivity index (χ3n) is 3.45. The number of halogens is 2. The molecule has 0 N–H and O–H groups in total. The van der Waals surface area contributed by atoms with Gasteiger partial charge in [-0.15, -0.1) is 23.2 Å². The molecule has 0 saturated carbocycles. The largest absolute Gasteiger partial charge is 0.457 e. The molecule has 0 heterocycles. The summed E-state index contributed by atoms with van der Waals surface area (Å²) in [4.78, 5) is 0. The Kier molecular flexibility index (Phi) is 5.63. The normalized spacial score (nSPS) is 10.4. The third-order valence-corrected chi connectivity index (χ3v) is 4.07. The monoisotopic (exact) mass is 358 g/mol. The summed E-state index contributed by atoms with van der Waals surface area (Å²) in [6.07, 6.45) is 0. The van der Waals surface area contributed by atoms with Crippen molar-refractivity contribution in [3.05, 3.63) is 83.9 Å². The van der Waals surface area contributed by atoms with E-state index in [9.17, 15) is 0 Å². The van der Waals surface area contributed by atoms with Gasteiger partial charge in [0.05, 0.1) is 0 Å². The zero-order chi connectivity index (χ0) is 16.8. The minimum atomic E-state index is 0.498. The summed E-state index contributed by atoms with van der Waals surface area (Å²) in [6.45, 7) is 0. The van der Waals surface area contributed by atoms with Crippen molar-refractivity contribution in [1.29, 1.82) is 0 Å². The highest BCUT2D eigenvalue weighted by atomic mass is 35.5. The van der Waals surface area contributed by atoms with Gasteiger partial charge in [-0.2, -0.15) is 0 Å². The molecule has 3 aromatic rings. The molecule has 2 nitrogen and oxygen atoms in total. The van der Waals surface area contributed by atoms with Gasteiger partial charge in [-0.25, -0.2) is 0 Å². The molecule has 0 fully saturated rings. The SMILES string of the molecule is ClCc1ccc(Oc2ccc(Oc3ccc(CCl)cc3)cc2)cc1. The Morgan fingerprint density at radius 2 is 0.708 bits per heavy atom. The fourth-order valence-electron chi connectivity index (χ4n) is 2.14. The molecule has 0 aromatic heterocycles. The Labute approximate surface area is 151 Å². The number of benzene rings is 3. The highest BCUT2D eigenvalue weighted by Gasteiger charge is 2.01. The molecular weight excluding hydrogens is 343 g/mol. The summed E-state index contributed by atoms with van der Waals surface area (Å²) >= 11 is 11.6. The first-order chi connectivity index (χ1) is 11.8. The van der Waals surface area contributed by atoms with Crippen molar-refractivity contribution in [3.8, 4) is 23.0 Å². The second-order valence-corrected chi connectivity index (χ2v) is 5.77. The predicted molar refractivity (Wildman–Crippen MR) is 98.6 cm³/mol. The lowest BCUT2D eigenvalue weighted by molar-refractivity contribution is 0.469. The molecule has 0 amide bonds. The van der Waals surface area contributed by atoms with Crippen molar-refractivity contribution in [2.75, 3.05) is 0 Å². The number of ether oxygens (including phenoxy) is 2. The lowest BCUT2D eigenvalue weighted by Crippen LogP contribution is -1.87. The van der Waals surface area contributed by atoms with Gasteiger partial charge in [0, 0.05) is 11.8 Å². The molecule has 0 saturated heterocycles. The van der Waals surface area contributed by atoms with Crippen LogP contribution in [0.3, 0.4) is 0 Å². The number of hydrogen-bond acceptors (Lipinski definition) is 2. The van der Waals surface area contributed by atoms with E-state index in [4.69, 9.17) is 32.7 Å². The fraction of sp³-hybridized carbons (Fsp3) is 0.100. The molecule has 3 rings (SSSR count). The summed E-state index contributed by atoms with van der Waals surface area (Å²) < 4.78 is 11.6. The second kappa shape index (κ2) is 8.09. The molecule has 0 radical (unpaired) electrons. The Hall–Kier alpha value is -2.16. The van der Waals surface area contributed by atoms with Crippen LogP contribution >= 0.6 is 23.2 Å². The predicted octanol–water partition coefficient (Wildman–Crippen LogP) is 6.75. The Morgan fingerprint density at radius 3 is 0.958 bits per heavy atom. The van der Waals surface area contributed by atoms with E-state index < -0.39 is 0 Å². The van der Waals surface area contributed by atoms with Gasteiger partial charge >= 0.3 is 0 Å². The van der Waals surface area contributed by atoms with Crippen molar-refractivity contribution in [3.63, 3.8) is 0 Å². The fourth-order valence-corrected chi connectivity index (χ4v) is 2.50. The third kappa shape index (κ3) is 4.44. The standard InChI is InChI=1S/C20H16Cl2O2/c21-13-15-1-5-17(6-2-15)23-19-9-11-20(12-10-19)24-18-7-3-16(14-22)4-8-18/h1-12H,13-14H2. The lowest BCUT2D eigenvalue weighted by atomic mass is 10.2. The maximum Gasteiger partial charge on any atom is 0.127 e. The Morgan fingerprint density at radius 1 is 0.458 bits per heavy atom. The van der Waals surface area contributed by atoms with Crippen molar-refractivity contribution < 1.29 is 9.47 Å². The molecule has 0 spiro atoms.